The summed E-state index contributed by atoms with van der Waals surface area (Å²) < 4.78 is 45.9. The van der Waals surface area contributed by atoms with Crippen molar-refractivity contribution in [3.8, 4) is 6.07 Å². The van der Waals surface area contributed by atoms with Crippen molar-refractivity contribution in [1.29, 1.82) is 5.26 Å². The van der Waals surface area contributed by atoms with Gasteiger partial charge in [0, 0.05) is 12.6 Å². The van der Waals surface area contributed by atoms with Crippen molar-refractivity contribution < 1.29 is 17.5 Å². The number of halogens is 1. The lowest BCUT2D eigenvalue weighted by Gasteiger charge is -2.42. The number of hydrogen-bond donors (Lipinski definition) is 2. The zero-order chi connectivity index (χ0) is 15.6. The van der Waals surface area contributed by atoms with Gasteiger partial charge in [-0.2, -0.15) is 5.26 Å². The Morgan fingerprint density at radius 2 is 2.29 bits per heavy atom. The van der Waals surface area contributed by atoms with Crippen LogP contribution in [-0.4, -0.2) is 33.2 Å². The smallest absolute Gasteiger partial charge is 0.242 e. The van der Waals surface area contributed by atoms with Crippen LogP contribution in [0.3, 0.4) is 0 Å². The van der Waals surface area contributed by atoms with Gasteiger partial charge in [0.1, 0.15) is 22.3 Å². The van der Waals surface area contributed by atoms with Crippen molar-refractivity contribution >= 4 is 10.0 Å². The Morgan fingerprint density at radius 1 is 1.57 bits per heavy atom. The van der Waals surface area contributed by atoms with Crippen LogP contribution >= 0.6 is 0 Å². The first-order chi connectivity index (χ1) is 9.90. The number of sulfonamides is 1. The number of hydrogen-bond acceptors (Lipinski definition) is 5. The fraction of sp³-hybridized carbons (Fsp3) is 0.462. The molecule has 0 heterocycles. The molecule has 3 N–H and O–H groups in total. The average Bonchev–Trinajstić information content (AvgIpc) is 2.44. The predicted octanol–water partition coefficient (Wildman–Crippen LogP) is 0.480. The monoisotopic (exact) mass is 313 g/mol. The molecule has 1 aromatic carbocycles. The van der Waals surface area contributed by atoms with Gasteiger partial charge in [-0.05, 0) is 25.5 Å². The zero-order valence-corrected chi connectivity index (χ0v) is 12.2. The molecule has 6 nitrogen and oxygen atoms in total. The van der Waals surface area contributed by atoms with Crippen LogP contribution in [0.5, 0.6) is 0 Å². The lowest BCUT2D eigenvalue weighted by atomic mass is 9.84. The van der Waals surface area contributed by atoms with Gasteiger partial charge in [-0.1, -0.05) is 6.07 Å². The van der Waals surface area contributed by atoms with E-state index < -0.39 is 27.4 Å². The molecule has 0 amide bonds. The highest BCUT2D eigenvalue weighted by atomic mass is 32.2. The molecule has 3 atom stereocenters. The quantitative estimate of drug-likeness (QED) is 0.822. The van der Waals surface area contributed by atoms with Crippen LogP contribution in [-0.2, 0) is 14.8 Å². The largest absolute Gasteiger partial charge is 0.377 e. The van der Waals surface area contributed by atoms with Gasteiger partial charge in [0.05, 0.1) is 12.1 Å². The second kappa shape index (κ2) is 6.07. The van der Waals surface area contributed by atoms with Crippen molar-refractivity contribution in [3.05, 3.63) is 29.6 Å². The molecule has 0 radical (unpaired) electrons. The van der Waals surface area contributed by atoms with Gasteiger partial charge < -0.3 is 10.5 Å². The molecule has 1 saturated carbocycles. The number of ether oxygens (including phenoxy) is 1. The van der Waals surface area contributed by atoms with Crippen LogP contribution in [0.2, 0.25) is 0 Å². The van der Waals surface area contributed by atoms with Crippen LogP contribution in [0.4, 0.5) is 4.39 Å². The molecule has 0 aromatic heterocycles. The third kappa shape index (κ3) is 3.06. The fourth-order valence-corrected chi connectivity index (χ4v) is 3.75. The molecule has 114 valence electrons. The van der Waals surface area contributed by atoms with Gasteiger partial charge in [0.2, 0.25) is 10.0 Å². The number of benzene rings is 1. The second-order valence-electron chi connectivity index (χ2n) is 4.77. The van der Waals surface area contributed by atoms with E-state index in [2.05, 4.69) is 4.72 Å². The lowest BCUT2D eigenvalue weighted by molar-refractivity contribution is -0.0248. The van der Waals surface area contributed by atoms with E-state index in [0.717, 1.165) is 6.07 Å². The summed E-state index contributed by atoms with van der Waals surface area (Å²) in [4.78, 5) is -0.389. The van der Waals surface area contributed by atoms with Gasteiger partial charge in [0.25, 0.3) is 0 Å². The number of rotatable bonds is 5. The molecular formula is C13H16FN3O3S. The van der Waals surface area contributed by atoms with E-state index in [1.807, 2.05) is 0 Å². The Bertz CT molecular complexity index is 670. The molecule has 21 heavy (non-hydrogen) atoms. The summed E-state index contributed by atoms with van der Waals surface area (Å²) in [6.45, 7) is 2.24. The third-order valence-electron chi connectivity index (χ3n) is 3.41. The maximum atomic E-state index is 13.5. The van der Waals surface area contributed by atoms with Gasteiger partial charge in [-0.25, -0.2) is 17.5 Å². The molecule has 1 fully saturated rings. The Hall–Kier alpha value is -1.53. The van der Waals surface area contributed by atoms with Gasteiger partial charge in [-0.3, -0.25) is 0 Å². The van der Waals surface area contributed by atoms with Crippen LogP contribution in [0.25, 0.3) is 0 Å². The lowest BCUT2D eigenvalue weighted by Crippen LogP contribution is -2.64. The van der Waals surface area contributed by atoms with E-state index in [1.165, 1.54) is 12.1 Å². The Labute approximate surface area is 122 Å². The number of nitrogens with two attached hydrogens (primary N) is 1. The minimum atomic E-state index is -4.04. The highest BCUT2D eigenvalue weighted by Crippen LogP contribution is 2.26. The number of nitrogens with zero attached hydrogens (tertiary/aromatic N) is 1. The minimum absolute atomic E-state index is 0.307. The van der Waals surface area contributed by atoms with Crippen molar-refractivity contribution in [2.75, 3.05) is 6.61 Å². The molecule has 3 unspecified atom stereocenters. The van der Waals surface area contributed by atoms with E-state index in [0.29, 0.717) is 13.0 Å². The standard InChI is InChI=1S/C13H16FN3O3S/c1-2-20-11-6-10(16)13(11)17-21(18,19)12-5-3-4-9(14)8(12)7-15/h3-5,10-11,13,17H,2,6,16H2,1H3. The van der Waals surface area contributed by atoms with Gasteiger partial charge in [0.15, 0.2) is 0 Å². The number of nitriles is 1. The van der Waals surface area contributed by atoms with Crippen molar-refractivity contribution in [2.24, 2.45) is 5.73 Å². The van der Waals surface area contributed by atoms with Crippen LogP contribution in [0.15, 0.2) is 23.1 Å². The molecule has 0 spiro atoms. The van der Waals surface area contributed by atoms with Crippen molar-refractivity contribution in [1.82, 2.24) is 4.72 Å². The summed E-state index contributed by atoms with van der Waals surface area (Å²) >= 11 is 0. The molecule has 0 aliphatic heterocycles. The molecule has 2 rings (SSSR count). The van der Waals surface area contributed by atoms with Crippen molar-refractivity contribution in [2.45, 2.75) is 36.4 Å². The van der Waals surface area contributed by atoms with E-state index in [9.17, 15) is 12.8 Å². The molecular weight excluding hydrogens is 297 g/mol. The maximum Gasteiger partial charge on any atom is 0.242 e. The first-order valence-corrected chi connectivity index (χ1v) is 7.97. The summed E-state index contributed by atoms with van der Waals surface area (Å²) in [5.41, 5.74) is 5.27. The molecule has 0 saturated heterocycles. The summed E-state index contributed by atoms with van der Waals surface area (Å²) in [5, 5.41) is 8.92. The summed E-state index contributed by atoms with van der Waals surface area (Å²) in [6, 6.07) is 4.09. The Kier molecular flexibility index (Phi) is 4.58. The predicted molar refractivity (Wildman–Crippen MR) is 73.2 cm³/mol. The highest BCUT2D eigenvalue weighted by molar-refractivity contribution is 7.89. The van der Waals surface area contributed by atoms with Crippen LogP contribution < -0.4 is 10.5 Å². The Morgan fingerprint density at radius 3 is 2.86 bits per heavy atom. The molecule has 1 aliphatic rings. The van der Waals surface area contributed by atoms with E-state index >= 15 is 0 Å². The number of nitrogens with one attached hydrogen (secondary N) is 1. The third-order valence-corrected chi connectivity index (χ3v) is 4.92. The van der Waals surface area contributed by atoms with Crippen LogP contribution in [0.1, 0.15) is 18.9 Å². The minimum Gasteiger partial charge on any atom is -0.377 e. The molecule has 8 heteroatoms. The van der Waals surface area contributed by atoms with E-state index in [4.69, 9.17) is 15.7 Å². The highest BCUT2D eigenvalue weighted by Gasteiger charge is 2.42. The normalized spacial score (nSPS) is 25.1. The van der Waals surface area contributed by atoms with Crippen molar-refractivity contribution in [3.63, 3.8) is 0 Å². The van der Waals surface area contributed by atoms with E-state index in [-0.39, 0.29) is 17.0 Å². The van der Waals surface area contributed by atoms with E-state index in [1.54, 1.807) is 13.0 Å². The summed E-state index contributed by atoms with van der Waals surface area (Å²) in [5.74, 6) is -0.875. The fourth-order valence-electron chi connectivity index (χ4n) is 2.27. The zero-order valence-electron chi connectivity index (χ0n) is 11.4. The van der Waals surface area contributed by atoms with Gasteiger partial charge >= 0.3 is 0 Å². The molecule has 1 aromatic rings. The Balaban J connectivity index is 2.28. The molecule has 0 bridgehead atoms. The van der Waals surface area contributed by atoms with Crippen LogP contribution in [0, 0.1) is 17.1 Å². The summed E-state index contributed by atoms with van der Waals surface area (Å²) in [7, 11) is -4.04. The maximum absolute atomic E-state index is 13.5. The first-order valence-electron chi connectivity index (χ1n) is 6.48. The topological polar surface area (TPSA) is 105 Å². The summed E-state index contributed by atoms with van der Waals surface area (Å²) in [6.07, 6.45) is 0.244. The average molecular weight is 313 g/mol. The van der Waals surface area contributed by atoms with Gasteiger partial charge in [-0.15, -0.1) is 0 Å². The second-order valence-corrected chi connectivity index (χ2v) is 6.45. The SMILES string of the molecule is CCOC1CC(N)C1NS(=O)(=O)c1cccc(F)c1C#N. The first kappa shape index (κ1) is 15.9. The molecule has 1 aliphatic carbocycles.